The molecule has 0 spiro atoms. The van der Waals surface area contributed by atoms with Gasteiger partial charge in [0.25, 0.3) is 0 Å². The van der Waals surface area contributed by atoms with Crippen LogP contribution in [0.3, 0.4) is 0 Å². The number of hydrogen-bond acceptors (Lipinski definition) is 4. The highest BCUT2D eigenvalue weighted by molar-refractivity contribution is 7.17. The lowest BCUT2D eigenvalue weighted by Gasteiger charge is -2.01. The predicted molar refractivity (Wildman–Crippen MR) is 80.2 cm³/mol. The minimum atomic E-state index is 0.170. The van der Waals surface area contributed by atoms with Gasteiger partial charge in [-0.2, -0.15) is 0 Å². The number of aromatic hydroxyl groups is 1. The SMILES string of the molecule is Cc1nc2cnc(-c3csc4ccccc34)cn2c1O. The topological polar surface area (TPSA) is 50.4 Å². The van der Waals surface area contributed by atoms with Crippen molar-refractivity contribution < 1.29 is 5.11 Å². The molecule has 1 aromatic carbocycles. The van der Waals surface area contributed by atoms with Crippen molar-refractivity contribution in [3.8, 4) is 17.1 Å². The highest BCUT2D eigenvalue weighted by Crippen LogP contribution is 2.33. The van der Waals surface area contributed by atoms with Crippen LogP contribution in [-0.2, 0) is 0 Å². The molecule has 0 saturated carbocycles. The highest BCUT2D eigenvalue weighted by atomic mass is 32.1. The number of aromatic nitrogens is 3. The maximum atomic E-state index is 10.0. The van der Waals surface area contributed by atoms with Crippen LogP contribution in [0.5, 0.6) is 5.88 Å². The Labute approximate surface area is 119 Å². The molecule has 0 amide bonds. The van der Waals surface area contributed by atoms with Gasteiger partial charge in [-0.15, -0.1) is 11.3 Å². The Kier molecular flexibility index (Phi) is 2.31. The zero-order chi connectivity index (χ0) is 13.7. The molecule has 4 nitrogen and oxygen atoms in total. The van der Waals surface area contributed by atoms with Gasteiger partial charge in [-0.1, -0.05) is 18.2 Å². The van der Waals surface area contributed by atoms with Gasteiger partial charge in [-0.25, -0.2) is 4.98 Å². The lowest BCUT2D eigenvalue weighted by Crippen LogP contribution is -1.89. The van der Waals surface area contributed by atoms with Gasteiger partial charge >= 0.3 is 0 Å². The van der Waals surface area contributed by atoms with Crippen LogP contribution in [0.15, 0.2) is 42.0 Å². The van der Waals surface area contributed by atoms with Crippen molar-refractivity contribution >= 4 is 27.1 Å². The molecule has 4 rings (SSSR count). The molecule has 5 heteroatoms. The fourth-order valence-corrected chi connectivity index (χ4v) is 3.33. The van der Waals surface area contributed by atoms with Gasteiger partial charge in [0.05, 0.1) is 11.9 Å². The van der Waals surface area contributed by atoms with Crippen LogP contribution in [0.1, 0.15) is 5.69 Å². The lowest BCUT2D eigenvalue weighted by atomic mass is 10.1. The van der Waals surface area contributed by atoms with E-state index in [1.807, 2.05) is 18.3 Å². The molecule has 0 unspecified atom stereocenters. The summed E-state index contributed by atoms with van der Waals surface area (Å²) in [7, 11) is 0. The molecule has 0 aliphatic rings. The first kappa shape index (κ1) is 11.4. The number of rotatable bonds is 1. The fraction of sp³-hybridized carbons (Fsp3) is 0.0667. The average molecular weight is 281 g/mol. The monoisotopic (exact) mass is 281 g/mol. The quantitative estimate of drug-likeness (QED) is 0.579. The molecular weight excluding hydrogens is 270 g/mol. The molecule has 3 aromatic heterocycles. The Morgan fingerprint density at radius 2 is 2.10 bits per heavy atom. The second kappa shape index (κ2) is 4.05. The van der Waals surface area contributed by atoms with E-state index in [4.69, 9.17) is 0 Å². The lowest BCUT2D eigenvalue weighted by molar-refractivity contribution is 0.444. The van der Waals surface area contributed by atoms with Gasteiger partial charge < -0.3 is 5.11 Å². The number of benzene rings is 1. The summed E-state index contributed by atoms with van der Waals surface area (Å²) in [6.45, 7) is 1.78. The first-order valence-corrected chi connectivity index (χ1v) is 7.12. The van der Waals surface area contributed by atoms with E-state index < -0.39 is 0 Å². The fourth-order valence-electron chi connectivity index (χ4n) is 2.38. The Morgan fingerprint density at radius 1 is 1.25 bits per heavy atom. The van der Waals surface area contributed by atoms with E-state index in [0.717, 1.165) is 11.3 Å². The van der Waals surface area contributed by atoms with Gasteiger partial charge in [0, 0.05) is 27.2 Å². The van der Waals surface area contributed by atoms with Crippen LogP contribution >= 0.6 is 11.3 Å². The van der Waals surface area contributed by atoms with Crippen molar-refractivity contribution in [3.05, 3.63) is 47.7 Å². The molecule has 0 atom stereocenters. The van der Waals surface area contributed by atoms with E-state index in [1.54, 1.807) is 28.9 Å². The van der Waals surface area contributed by atoms with Gasteiger partial charge in [0.2, 0.25) is 5.88 Å². The van der Waals surface area contributed by atoms with Crippen LogP contribution in [0.25, 0.3) is 27.0 Å². The van der Waals surface area contributed by atoms with E-state index in [-0.39, 0.29) is 5.88 Å². The zero-order valence-corrected chi connectivity index (χ0v) is 11.6. The third kappa shape index (κ3) is 1.53. The second-order valence-corrected chi connectivity index (χ2v) is 5.58. The normalized spacial score (nSPS) is 11.4. The van der Waals surface area contributed by atoms with E-state index in [0.29, 0.717) is 11.3 Å². The zero-order valence-electron chi connectivity index (χ0n) is 10.7. The summed E-state index contributed by atoms with van der Waals surface area (Å²) < 4.78 is 2.90. The summed E-state index contributed by atoms with van der Waals surface area (Å²) in [4.78, 5) is 8.72. The van der Waals surface area contributed by atoms with Crippen LogP contribution in [-0.4, -0.2) is 19.5 Å². The molecule has 0 radical (unpaired) electrons. The van der Waals surface area contributed by atoms with Crippen molar-refractivity contribution in [2.24, 2.45) is 0 Å². The highest BCUT2D eigenvalue weighted by Gasteiger charge is 2.11. The molecule has 1 N–H and O–H groups in total. The van der Waals surface area contributed by atoms with E-state index in [9.17, 15) is 5.11 Å². The summed E-state index contributed by atoms with van der Waals surface area (Å²) in [5, 5.41) is 13.3. The Morgan fingerprint density at radius 3 is 3.00 bits per heavy atom. The Bertz CT molecular complexity index is 939. The summed E-state index contributed by atoms with van der Waals surface area (Å²) in [6.07, 6.45) is 3.52. The number of thiophene rings is 1. The van der Waals surface area contributed by atoms with Crippen LogP contribution < -0.4 is 0 Å². The Balaban J connectivity index is 2.00. The molecule has 0 fully saturated rings. The van der Waals surface area contributed by atoms with Gasteiger partial charge in [-0.05, 0) is 13.0 Å². The molecule has 0 bridgehead atoms. The molecule has 20 heavy (non-hydrogen) atoms. The summed E-state index contributed by atoms with van der Waals surface area (Å²) in [6, 6.07) is 8.24. The number of nitrogens with zero attached hydrogens (tertiary/aromatic N) is 3. The molecular formula is C15H11N3OS. The molecule has 98 valence electrons. The molecule has 0 saturated heterocycles. The minimum Gasteiger partial charge on any atom is -0.493 e. The molecule has 0 aliphatic carbocycles. The smallest absolute Gasteiger partial charge is 0.219 e. The summed E-state index contributed by atoms with van der Waals surface area (Å²) in [5.74, 6) is 0.170. The van der Waals surface area contributed by atoms with Crippen LogP contribution in [0.4, 0.5) is 0 Å². The summed E-state index contributed by atoms with van der Waals surface area (Å²) in [5.41, 5.74) is 3.18. The molecule has 4 aromatic rings. The maximum Gasteiger partial charge on any atom is 0.219 e. The predicted octanol–water partition coefficient (Wildman–Crippen LogP) is 3.63. The van der Waals surface area contributed by atoms with E-state index in [1.165, 1.54) is 10.1 Å². The van der Waals surface area contributed by atoms with E-state index >= 15 is 0 Å². The van der Waals surface area contributed by atoms with Gasteiger partial charge in [0.1, 0.15) is 5.69 Å². The Hall–Kier alpha value is -2.40. The average Bonchev–Trinajstić information content (AvgIpc) is 3.01. The number of fused-ring (bicyclic) bond motifs is 2. The van der Waals surface area contributed by atoms with Crippen LogP contribution in [0, 0.1) is 6.92 Å². The maximum absolute atomic E-state index is 10.0. The third-order valence-corrected chi connectivity index (χ3v) is 4.37. The van der Waals surface area contributed by atoms with Crippen molar-refractivity contribution in [1.29, 1.82) is 0 Å². The number of imidazole rings is 1. The van der Waals surface area contributed by atoms with Gasteiger partial charge in [-0.3, -0.25) is 9.38 Å². The standard InChI is InChI=1S/C15H11N3OS/c1-9-15(19)18-7-12(16-6-14(18)17-9)11-8-20-13-5-3-2-4-10(11)13/h2-8,19H,1H3. The largest absolute Gasteiger partial charge is 0.493 e. The molecule has 3 heterocycles. The van der Waals surface area contributed by atoms with Crippen molar-refractivity contribution in [2.45, 2.75) is 6.92 Å². The first-order valence-electron chi connectivity index (χ1n) is 6.24. The minimum absolute atomic E-state index is 0.170. The van der Waals surface area contributed by atoms with Crippen molar-refractivity contribution in [2.75, 3.05) is 0 Å². The molecule has 0 aliphatic heterocycles. The van der Waals surface area contributed by atoms with Gasteiger partial charge in [0.15, 0.2) is 5.65 Å². The van der Waals surface area contributed by atoms with E-state index in [2.05, 4.69) is 27.5 Å². The first-order chi connectivity index (χ1) is 9.74. The number of hydrogen-bond donors (Lipinski definition) is 1. The third-order valence-electron chi connectivity index (χ3n) is 3.41. The van der Waals surface area contributed by atoms with Crippen molar-refractivity contribution in [1.82, 2.24) is 14.4 Å². The number of aryl methyl sites for hydroxylation is 1. The summed E-state index contributed by atoms with van der Waals surface area (Å²) >= 11 is 1.70. The second-order valence-electron chi connectivity index (χ2n) is 4.67. The van der Waals surface area contributed by atoms with Crippen LogP contribution in [0.2, 0.25) is 0 Å². The van der Waals surface area contributed by atoms with Crippen molar-refractivity contribution in [3.63, 3.8) is 0 Å².